The molecule has 0 unspecified atom stereocenters. The van der Waals surface area contributed by atoms with Crippen molar-refractivity contribution >= 4 is 29.1 Å². The first-order chi connectivity index (χ1) is 15.1. The zero-order valence-corrected chi connectivity index (χ0v) is 19.5. The van der Waals surface area contributed by atoms with Crippen molar-refractivity contribution in [2.45, 2.75) is 45.3 Å². The Balaban J connectivity index is 1.22. The van der Waals surface area contributed by atoms with Gasteiger partial charge in [-0.05, 0) is 80.7 Å². The molecule has 4 rings (SSSR count). The molecule has 2 aliphatic heterocycles. The van der Waals surface area contributed by atoms with Gasteiger partial charge in [0.2, 0.25) is 5.91 Å². The van der Waals surface area contributed by atoms with Crippen LogP contribution in [0.15, 0.2) is 42.5 Å². The average Bonchev–Trinajstić information content (AvgIpc) is 3.28. The lowest BCUT2D eigenvalue weighted by Crippen LogP contribution is -2.40. The first-order valence-corrected chi connectivity index (χ1v) is 12.1. The number of benzene rings is 2. The second kappa shape index (κ2) is 10.8. The topological polar surface area (TPSA) is 35.6 Å². The van der Waals surface area contributed by atoms with Crippen molar-refractivity contribution in [3.05, 3.63) is 69.2 Å². The molecule has 0 radical (unpaired) electrons. The highest BCUT2D eigenvalue weighted by Crippen LogP contribution is 2.25. The van der Waals surface area contributed by atoms with Crippen LogP contribution in [0.3, 0.4) is 0 Å². The molecule has 1 N–H and O–H groups in total. The van der Waals surface area contributed by atoms with Crippen LogP contribution in [0.5, 0.6) is 0 Å². The lowest BCUT2D eigenvalue weighted by molar-refractivity contribution is -0.126. The molecule has 2 aromatic rings. The van der Waals surface area contributed by atoms with E-state index in [-0.39, 0.29) is 11.8 Å². The zero-order valence-electron chi connectivity index (χ0n) is 18.0. The number of piperidine rings is 1. The average molecular weight is 460 g/mol. The van der Waals surface area contributed by atoms with Crippen LogP contribution in [0.4, 0.5) is 0 Å². The van der Waals surface area contributed by atoms with Crippen molar-refractivity contribution in [3.8, 4) is 0 Å². The molecule has 1 amide bonds. The Bertz CT molecular complexity index is 890. The maximum atomic E-state index is 12.7. The van der Waals surface area contributed by atoms with Crippen molar-refractivity contribution in [2.24, 2.45) is 5.92 Å². The molecule has 0 atom stereocenters. The second-order valence-corrected chi connectivity index (χ2v) is 9.65. The van der Waals surface area contributed by atoms with E-state index in [0.717, 1.165) is 44.6 Å². The van der Waals surface area contributed by atoms with Gasteiger partial charge in [-0.3, -0.25) is 14.6 Å². The van der Waals surface area contributed by atoms with Crippen LogP contribution in [-0.2, 0) is 24.4 Å². The van der Waals surface area contributed by atoms with E-state index in [9.17, 15) is 4.79 Å². The number of halogens is 2. The Morgan fingerprint density at radius 1 is 0.903 bits per heavy atom. The van der Waals surface area contributed by atoms with Crippen LogP contribution >= 0.6 is 23.2 Å². The van der Waals surface area contributed by atoms with Crippen molar-refractivity contribution < 1.29 is 4.79 Å². The van der Waals surface area contributed by atoms with Crippen LogP contribution in [0.2, 0.25) is 10.0 Å². The first kappa shape index (κ1) is 22.6. The number of hydrogen-bond acceptors (Lipinski definition) is 3. The minimum Gasteiger partial charge on any atom is -0.352 e. The fraction of sp³-hybridized carbons (Fsp3) is 0.480. The van der Waals surface area contributed by atoms with Crippen LogP contribution < -0.4 is 5.32 Å². The van der Waals surface area contributed by atoms with Crippen LogP contribution in [-0.4, -0.2) is 41.9 Å². The summed E-state index contributed by atoms with van der Waals surface area (Å²) >= 11 is 12.3. The van der Waals surface area contributed by atoms with Gasteiger partial charge < -0.3 is 5.32 Å². The van der Waals surface area contributed by atoms with Crippen molar-refractivity contribution in [2.75, 3.05) is 26.2 Å². The molecule has 0 aromatic heterocycles. The summed E-state index contributed by atoms with van der Waals surface area (Å²) in [5, 5.41) is 4.53. The maximum absolute atomic E-state index is 12.7. The maximum Gasteiger partial charge on any atom is 0.223 e. The van der Waals surface area contributed by atoms with E-state index in [4.69, 9.17) is 23.2 Å². The van der Waals surface area contributed by atoms with Gasteiger partial charge in [0.05, 0.1) is 0 Å². The zero-order chi connectivity index (χ0) is 21.6. The number of carbonyl (C=O) groups excluding carboxylic acids is 1. The van der Waals surface area contributed by atoms with Gasteiger partial charge in [0, 0.05) is 35.6 Å². The largest absolute Gasteiger partial charge is 0.352 e. The molecule has 6 heteroatoms. The SMILES string of the molecule is O=C(NCc1cccc(CN2CCCC2)c1)C1CCN(Cc2ccc(Cl)cc2Cl)CC1. The molecular weight excluding hydrogens is 429 g/mol. The van der Waals surface area contributed by atoms with E-state index in [1.165, 1.54) is 37.1 Å². The predicted octanol–water partition coefficient (Wildman–Crippen LogP) is 5.12. The van der Waals surface area contributed by atoms with Crippen LogP contribution in [0.25, 0.3) is 0 Å². The summed E-state index contributed by atoms with van der Waals surface area (Å²) in [7, 11) is 0. The predicted molar refractivity (Wildman–Crippen MR) is 127 cm³/mol. The molecule has 2 saturated heterocycles. The number of amides is 1. The third-order valence-corrected chi connectivity index (χ3v) is 7.02. The Kier molecular flexibility index (Phi) is 7.89. The summed E-state index contributed by atoms with van der Waals surface area (Å²) in [6, 6.07) is 14.3. The molecular formula is C25H31Cl2N3O. The molecule has 31 heavy (non-hydrogen) atoms. The van der Waals surface area contributed by atoms with Gasteiger partial charge in [-0.25, -0.2) is 0 Å². The number of carbonyl (C=O) groups is 1. The normalized spacial score (nSPS) is 18.4. The van der Waals surface area contributed by atoms with Gasteiger partial charge in [0.1, 0.15) is 0 Å². The molecule has 2 fully saturated rings. The Morgan fingerprint density at radius 3 is 2.35 bits per heavy atom. The van der Waals surface area contributed by atoms with Crippen LogP contribution in [0.1, 0.15) is 42.4 Å². The lowest BCUT2D eigenvalue weighted by Gasteiger charge is -2.31. The molecule has 166 valence electrons. The third-order valence-electron chi connectivity index (χ3n) is 6.43. The summed E-state index contributed by atoms with van der Waals surface area (Å²) in [6.07, 6.45) is 4.38. The Morgan fingerprint density at radius 2 is 1.61 bits per heavy atom. The highest BCUT2D eigenvalue weighted by molar-refractivity contribution is 6.35. The highest BCUT2D eigenvalue weighted by atomic mass is 35.5. The molecule has 0 bridgehead atoms. The number of rotatable bonds is 7. The fourth-order valence-corrected chi connectivity index (χ4v) is 5.08. The van der Waals surface area contributed by atoms with Crippen molar-refractivity contribution in [1.29, 1.82) is 0 Å². The summed E-state index contributed by atoms with van der Waals surface area (Å²) in [4.78, 5) is 17.6. The van der Waals surface area contributed by atoms with E-state index >= 15 is 0 Å². The molecule has 2 heterocycles. The fourth-order valence-electron chi connectivity index (χ4n) is 4.61. The van der Waals surface area contributed by atoms with E-state index in [1.54, 1.807) is 6.07 Å². The molecule has 0 saturated carbocycles. The Hall–Kier alpha value is -1.59. The lowest BCUT2D eigenvalue weighted by atomic mass is 9.95. The van der Waals surface area contributed by atoms with Gasteiger partial charge in [-0.15, -0.1) is 0 Å². The van der Waals surface area contributed by atoms with E-state index < -0.39 is 0 Å². The number of nitrogens with zero attached hydrogens (tertiary/aromatic N) is 2. The van der Waals surface area contributed by atoms with Gasteiger partial charge >= 0.3 is 0 Å². The molecule has 0 aliphatic carbocycles. The summed E-state index contributed by atoms with van der Waals surface area (Å²) < 4.78 is 0. The van der Waals surface area contributed by atoms with E-state index in [1.807, 2.05) is 12.1 Å². The summed E-state index contributed by atoms with van der Waals surface area (Å²) in [5.41, 5.74) is 3.60. The van der Waals surface area contributed by atoms with Crippen molar-refractivity contribution in [1.82, 2.24) is 15.1 Å². The van der Waals surface area contributed by atoms with E-state index in [2.05, 4.69) is 39.4 Å². The van der Waals surface area contributed by atoms with Gasteiger partial charge in [0.15, 0.2) is 0 Å². The molecule has 0 spiro atoms. The van der Waals surface area contributed by atoms with E-state index in [0.29, 0.717) is 16.6 Å². The van der Waals surface area contributed by atoms with Gasteiger partial charge in [-0.1, -0.05) is 53.5 Å². The smallest absolute Gasteiger partial charge is 0.223 e. The number of hydrogen-bond donors (Lipinski definition) is 1. The Labute approximate surface area is 195 Å². The summed E-state index contributed by atoms with van der Waals surface area (Å²) in [6.45, 7) is 6.62. The minimum absolute atomic E-state index is 0.0877. The number of nitrogens with one attached hydrogen (secondary N) is 1. The monoisotopic (exact) mass is 459 g/mol. The minimum atomic E-state index is 0.0877. The second-order valence-electron chi connectivity index (χ2n) is 8.81. The molecule has 2 aromatic carbocycles. The quantitative estimate of drug-likeness (QED) is 0.623. The highest BCUT2D eigenvalue weighted by Gasteiger charge is 2.25. The van der Waals surface area contributed by atoms with Crippen LogP contribution in [0, 0.1) is 5.92 Å². The summed E-state index contributed by atoms with van der Waals surface area (Å²) in [5.74, 6) is 0.263. The molecule has 4 nitrogen and oxygen atoms in total. The van der Waals surface area contributed by atoms with Gasteiger partial charge in [-0.2, -0.15) is 0 Å². The number of likely N-dealkylation sites (tertiary alicyclic amines) is 2. The molecule has 2 aliphatic rings. The third kappa shape index (κ3) is 6.45. The first-order valence-electron chi connectivity index (χ1n) is 11.3. The standard InChI is InChI=1S/C25H31Cl2N3O/c26-23-7-6-22(24(27)15-23)18-30-12-8-21(9-13-30)25(31)28-16-19-4-3-5-20(14-19)17-29-10-1-2-11-29/h3-7,14-15,21H,1-2,8-13,16-18H2,(H,28,31). The van der Waals surface area contributed by atoms with Crippen molar-refractivity contribution in [3.63, 3.8) is 0 Å². The van der Waals surface area contributed by atoms with Gasteiger partial charge in [0.25, 0.3) is 0 Å².